The maximum absolute atomic E-state index is 2.52. The standard InChI is InChI=1S/C63H50N2/c1-61(2)37-38-62(3,4)56-39-44(34-36-54(56)61)65-57-27-15-11-21-48(57)49-35-33-45(40-59(49)65)64(43-31-29-42(30-32-43)41-17-6-5-7-18-41)58-28-16-26-55-60(58)50-22-10-14-25-53(50)63(55)51-23-12-8-19-46(51)47-20-9-13-24-52(47)63/h5-36,39-40H,37-38H2,1-4H3. The summed E-state index contributed by atoms with van der Waals surface area (Å²) in [6.45, 7) is 9.69. The number of fused-ring (bicyclic) bond motifs is 14. The normalized spacial score (nSPS) is 15.6. The summed E-state index contributed by atoms with van der Waals surface area (Å²) in [7, 11) is 0. The van der Waals surface area contributed by atoms with E-state index in [4.69, 9.17) is 0 Å². The van der Waals surface area contributed by atoms with Gasteiger partial charge in [-0.1, -0.05) is 185 Å². The predicted molar refractivity (Wildman–Crippen MR) is 272 cm³/mol. The van der Waals surface area contributed by atoms with Crippen LogP contribution in [0.2, 0.25) is 0 Å². The van der Waals surface area contributed by atoms with Crippen LogP contribution in [-0.4, -0.2) is 4.57 Å². The molecular weight excluding hydrogens is 785 g/mol. The van der Waals surface area contributed by atoms with Gasteiger partial charge in [-0.15, -0.1) is 0 Å². The van der Waals surface area contributed by atoms with Gasteiger partial charge in [-0.25, -0.2) is 0 Å². The Hall–Kier alpha value is -7.42. The largest absolute Gasteiger partial charge is 0.310 e. The fourth-order valence-electron chi connectivity index (χ4n) is 12.3. The zero-order chi connectivity index (χ0) is 43.7. The molecule has 10 aromatic rings. The summed E-state index contributed by atoms with van der Waals surface area (Å²) in [6, 6.07) is 77.7. The molecule has 1 spiro atoms. The average molecular weight is 835 g/mol. The molecule has 0 bridgehead atoms. The highest BCUT2D eigenvalue weighted by molar-refractivity contribution is 6.11. The number of hydrogen-bond donors (Lipinski definition) is 0. The molecule has 3 aliphatic rings. The molecule has 13 rings (SSSR count). The van der Waals surface area contributed by atoms with Crippen LogP contribution >= 0.6 is 0 Å². The van der Waals surface area contributed by atoms with Crippen LogP contribution < -0.4 is 4.90 Å². The molecule has 0 saturated carbocycles. The second-order valence-corrected chi connectivity index (χ2v) is 19.9. The maximum atomic E-state index is 2.52. The number of nitrogens with zero attached hydrogens (tertiary/aromatic N) is 2. The van der Waals surface area contributed by atoms with Crippen LogP contribution in [0.1, 0.15) is 73.9 Å². The van der Waals surface area contributed by atoms with Gasteiger partial charge in [0.25, 0.3) is 0 Å². The number of benzene rings is 9. The van der Waals surface area contributed by atoms with Gasteiger partial charge in [0.2, 0.25) is 0 Å². The topological polar surface area (TPSA) is 8.17 Å². The zero-order valence-corrected chi connectivity index (χ0v) is 37.4. The molecule has 2 nitrogen and oxygen atoms in total. The van der Waals surface area contributed by atoms with Crippen molar-refractivity contribution in [1.82, 2.24) is 4.57 Å². The number of hydrogen-bond acceptors (Lipinski definition) is 1. The summed E-state index contributed by atoms with van der Waals surface area (Å²) >= 11 is 0. The van der Waals surface area contributed by atoms with Crippen LogP contribution in [0.4, 0.5) is 17.1 Å². The highest BCUT2D eigenvalue weighted by atomic mass is 15.1. The Bertz CT molecular complexity index is 3500. The van der Waals surface area contributed by atoms with Crippen LogP contribution in [-0.2, 0) is 16.2 Å². The SMILES string of the molecule is CC1(C)CCC(C)(C)c2cc(-n3c4ccccc4c4ccc(N(c5ccc(-c6ccccc6)cc5)c5cccc6c5-c5ccccc5C65c6ccccc6-c6ccccc65)cc43)ccc21. The number of para-hydroxylation sites is 1. The Morgan fingerprint density at radius 3 is 1.66 bits per heavy atom. The molecule has 65 heavy (non-hydrogen) atoms. The first-order valence-electron chi connectivity index (χ1n) is 23.3. The molecule has 0 saturated heterocycles. The lowest BCUT2D eigenvalue weighted by molar-refractivity contribution is 0.332. The smallest absolute Gasteiger partial charge is 0.0726 e. The van der Waals surface area contributed by atoms with E-state index in [0.29, 0.717) is 0 Å². The Morgan fingerprint density at radius 1 is 0.385 bits per heavy atom. The molecule has 0 amide bonds. The molecule has 0 aliphatic heterocycles. The van der Waals surface area contributed by atoms with E-state index in [9.17, 15) is 0 Å². The molecule has 0 atom stereocenters. The van der Waals surface area contributed by atoms with Gasteiger partial charge >= 0.3 is 0 Å². The minimum Gasteiger partial charge on any atom is -0.310 e. The van der Waals surface area contributed by atoms with Crippen molar-refractivity contribution in [3.8, 4) is 39.1 Å². The lowest BCUT2D eigenvalue weighted by Gasteiger charge is -2.42. The van der Waals surface area contributed by atoms with E-state index < -0.39 is 5.41 Å². The van der Waals surface area contributed by atoms with Crippen molar-refractivity contribution in [1.29, 1.82) is 0 Å². The van der Waals surface area contributed by atoms with Crippen LogP contribution in [0.3, 0.4) is 0 Å². The van der Waals surface area contributed by atoms with E-state index >= 15 is 0 Å². The van der Waals surface area contributed by atoms with Crippen LogP contribution in [0.5, 0.6) is 0 Å². The lowest BCUT2D eigenvalue weighted by atomic mass is 9.63. The second-order valence-electron chi connectivity index (χ2n) is 19.9. The van der Waals surface area contributed by atoms with E-state index in [2.05, 4.69) is 243 Å². The van der Waals surface area contributed by atoms with Gasteiger partial charge in [0, 0.05) is 33.4 Å². The number of aromatic nitrogens is 1. The first kappa shape index (κ1) is 38.1. The summed E-state index contributed by atoms with van der Waals surface area (Å²) in [5, 5.41) is 2.52. The van der Waals surface area contributed by atoms with Gasteiger partial charge in [0.15, 0.2) is 0 Å². The molecule has 0 N–H and O–H groups in total. The molecule has 1 aromatic heterocycles. The summed E-state index contributed by atoms with van der Waals surface area (Å²) in [5.74, 6) is 0. The average Bonchev–Trinajstić information content (AvgIpc) is 3.96. The third-order valence-electron chi connectivity index (χ3n) is 15.5. The molecule has 2 heteroatoms. The van der Waals surface area contributed by atoms with E-state index in [1.165, 1.54) is 113 Å². The van der Waals surface area contributed by atoms with Gasteiger partial charge in [0.05, 0.1) is 22.1 Å². The Balaban J connectivity index is 1.08. The molecular formula is C63H50N2. The summed E-state index contributed by atoms with van der Waals surface area (Å²) in [5.41, 5.74) is 22.8. The van der Waals surface area contributed by atoms with Crippen LogP contribution in [0.25, 0.3) is 60.9 Å². The first-order chi connectivity index (χ1) is 31.7. The number of rotatable bonds is 5. The Morgan fingerprint density at radius 2 is 0.938 bits per heavy atom. The maximum Gasteiger partial charge on any atom is 0.0726 e. The van der Waals surface area contributed by atoms with Crippen molar-refractivity contribution in [2.24, 2.45) is 0 Å². The van der Waals surface area contributed by atoms with Crippen molar-refractivity contribution in [2.45, 2.75) is 56.8 Å². The second kappa shape index (κ2) is 13.8. The van der Waals surface area contributed by atoms with E-state index in [-0.39, 0.29) is 10.8 Å². The minimum atomic E-state index is -0.441. The minimum absolute atomic E-state index is 0.0924. The van der Waals surface area contributed by atoms with Gasteiger partial charge in [0.1, 0.15) is 0 Å². The quantitative estimate of drug-likeness (QED) is 0.168. The van der Waals surface area contributed by atoms with Crippen LogP contribution in [0.15, 0.2) is 206 Å². The zero-order valence-electron chi connectivity index (χ0n) is 37.4. The third-order valence-corrected chi connectivity index (χ3v) is 15.5. The molecule has 9 aromatic carbocycles. The lowest BCUT2D eigenvalue weighted by Crippen LogP contribution is -2.33. The Labute approximate surface area is 382 Å². The number of anilines is 3. The third kappa shape index (κ3) is 5.34. The molecule has 0 fully saturated rings. The fourth-order valence-corrected chi connectivity index (χ4v) is 12.3. The van der Waals surface area contributed by atoms with Crippen molar-refractivity contribution < 1.29 is 0 Å². The fraction of sp³-hybridized carbons (Fsp3) is 0.143. The summed E-state index contributed by atoms with van der Waals surface area (Å²) in [4.78, 5) is 2.52. The highest BCUT2D eigenvalue weighted by Gasteiger charge is 2.52. The predicted octanol–water partition coefficient (Wildman–Crippen LogP) is 16.6. The Kier molecular flexibility index (Phi) is 8.08. The van der Waals surface area contributed by atoms with E-state index in [1.54, 1.807) is 0 Å². The molecule has 0 unspecified atom stereocenters. The van der Waals surface area contributed by atoms with Gasteiger partial charge in [-0.05, 0) is 133 Å². The van der Waals surface area contributed by atoms with Crippen molar-refractivity contribution >= 4 is 38.9 Å². The van der Waals surface area contributed by atoms with E-state index in [0.717, 1.165) is 11.4 Å². The van der Waals surface area contributed by atoms with Crippen molar-refractivity contribution in [3.63, 3.8) is 0 Å². The molecule has 1 heterocycles. The highest BCUT2D eigenvalue weighted by Crippen LogP contribution is 2.64. The first-order valence-corrected chi connectivity index (χ1v) is 23.3. The monoisotopic (exact) mass is 834 g/mol. The van der Waals surface area contributed by atoms with Gasteiger partial charge in [-0.2, -0.15) is 0 Å². The van der Waals surface area contributed by atoms with Gasteiger partial charge < -0.3 is 9.47 Å². The summed E-state index contributed by atoms with van der Waals surface area (Å²) < 4.78 is 2.52. The summed E-state index contributed by atoms with van der Waals surface area (Å²) in [6.07, 6.45) is 2.37. The molecule has 0 radical (unpaired) electrons. The molecule has 312 valence electrons. The van der Waals surface area contributed by atoms with Crippen molar-refractivity contribution in [3.05, 3.63) is 240 Å². The van der Waals surface area contributed by atoms with E-state index in [1.807, 2.05) is 0 Å². The van der Waals surface area contributed by atoms with Crippen LogP contribution in [0, 0.1) is 0 Å². The van der Waals surface area contributed by atoms with Gasteiger partial charge in [-0.3, -0.25) is 0 Å². The van der Waals surface area contributed by atoms with Crippen molar-refractivity contribution in [2.75, 3.05) is 4.90 Å². The molecule has 3 aliphatic carbocycles.